The summed E-state index contributed by atoms with van der Waals surface area (Å²) in [6.45, 7) is 2.30. The molecule has 17 heteroatoms. The molecule has 1 atom stereocenters. The Morgan fingerprint density at radius 1 is 0.911 bits per heavy atom. The molecule has 4 aliphatic rings. The van der Waals surface area contributed by atoms with Crippen LogP contribution in [0.2, 0.25) is 0 Å². The molecule has 0 aliphatic carbocycles. The minimum atomic E-state index is -4.80. The van der Waals surface area contributed by atoms with Crippen LogP contribution in [-0.2, 0) is 28.9 Å². The fraction of sp³-hybridized carbons (Fsp3) is 0.308. The molecule has 0 radical (unpaired) electrons. The lowest BCUT2D eigenvalue weighted by Gasteiger charge is -2.34. The third-order valence-corrected chi connectivity index (χ3v) is 10.4. The van der Waals surface area contributed by atoms with Gasteiger partial charge in [0, 0.05) is 63.3 Å². The quantitative estimate of drug-likeness (QED) is 0.201. The summed E-state index contributed by atoms with van der Waals surface area (Å²) in [7, 11) is 1.60. The predicted molar refractivity (Wildman–Crippen MR) is 194 cm³/mol. The van der Waals surface area contributed by atoms with E-state index in [1.54, 1.807) is 49.5 Å². The van der Waals surface area contributed by atoms with Gasteiger partial charge in [-0.3, -0.25) is 34.2 Å². The number of anilines is 3. The topological polar surface area (TPSA) is 166 Å². The van der Waals surface area contributed by atoms with Crippen molar-refractivity contribution in [2.45, 2.75) is 57.0 Å². The fourth-order valence-corrected chi connectivity index (χ4v) is 7.45. The van der Waals surface area contributed by atoms with Crippen LogP contribution in [0.1, 0.15) is 73.4 Å². The smallest absolute Gasteiger partial charge is 0.423 e. The van der Waals surface area contributed by atoms with Gasteiger partial charge >= 0.3 is 6.18 Å². The van der Waals surface area contributed by atoms with Gasteiger partial charge in [-0.25, -0.2) is 4.98 Å². The van der Waals surface area contributed by atoms with Crippen LogP contribution in [-0.4, -0.2) is 81.5 Å². The van der Waals surface area contributed by atoms with Crippen molar-refractivity contribution in [3.8, 4) is 11.6 Å². The maximum atomic E-state index is 13.9. The van der Waals surface area contributed by atoms with Crippen molar-refractivity contribution >= 4 is 46.9 Å². The zero-order valence-corrected chi connectivity index (χ0v) is 30.0. The maximum absolute atomic E-state index is 13.9. The molecule has 5 amide bonds. The second kappa shape index (κ2) is 14.4. The predicted octanol–water partition coefficient (Wildman–Crippen LogP) is 4.78. The number of piperidine rings is 2. The lowest BCUT2D eigenvalue weighted by atomic mass is 10.0. The number of imide groups is 2. The number of ether oxygens (including phenoxy) is 1. The van der Waals surface area contributed by atoms with Gasteiger partial charge in [0.1, 0.15) is 17.4 Å². The minimum Gasteiger partial charge on any atom is -0.437 e. The van der Waals surface area contributed by atoms with Crippen LogP contribution in [0, 0.1) is 0 Å². The molecule has 2 fully saturated rings. The van der Waals surface area contributed by atoms with Crippen LogP contribution in [0.15, 0.2) is 66.9 Å². The van der Waals surface area contributed by atoms with Crippen molar-refractivity contribution in [2.75, 3.05) is 30.4 Å². The van der Waals surface area contributed by atoms with E-state index in [4.69, 9.17) is 4.74 Å². The van der Waals surface area contributed by atoms with E-state index in [0.717, 1.165) is 29.0 Å². The largest absolute Gasteiger partial charge is 0.437 e. The molecule has 5 heterocycles. The molecule has 2 saturated heterocycles. The van der Waals surface area contributed by atoms with E-state index in [-0.39, 0.29) is 53.2 Å². The highest BCUT2D eigenvalue weighted by Gasteiger charge is 2.45. The first-order chi connectivity index (χ1) is 26.8. The van der Waals surface area contributed by atoms with E-state index >= 15 is 0 Å². The third-order valence-electron chi connectivity index (χ3n) is 10.4. The molecule has 1 aromatic heterocycles. The summed E-state index contributed by atoms with van der Waals surface area (Å²) in [5.74, 6) is -3.37. The average molecular weight is 769 g/mol. The summed E-state index contributed by atoms with van der Waals surface area (Å²) < 4.78 is 47.4. The van der Waals surface area contributed by atoms with Gasteiger partial charge < -0.3 is 25.2 Å². The van der Waals surface area contributed by atoms with Crippen LogP contribution in [0.25, 0.3) is 0 Å². The van der Waals surface area contributed by atoms with Crippen molar-refractivity contribution in [3.05, 3.63) is 100 Å². The van der Waals surface area contributed by atoms with Crippen molar-refractivity contribution in [1.29, 1.82) is 0 Å². The first-order valence-corrected chi connectivity index (χ1v) is 18.0. The van der Waals surface area contributed by atoms with Crippen molar-refractivity contribution in [3.63, 3.8) is 0 Å². The number of carbonyl (C=O) groups excluding carboxylic acids is 5. The number of hydrogen-bond acceptors (Lipinski definition) is 11. The molecule has 56 heavy (non-hydrogen) atoms. The lowest BCUT2D eigenvalue weighted by molar-refractivity contribution is -0.139. The van der Waals surface area contributed by atoms with Crippen LogP contribution in [0.5, 0.6) is 11.6 Å². The molecular formula is C39H35F3N8O6. The second-order valence-corrected chi connectivity index (χ2v) is 14.1. The van der Waals surface area contributed by atoms with Gasteiger partial charge in [0.15, 0.2) is 0 Å². The molecular weight excluding hydrogens is 733 g/mol. The van der Waals surface area contributed by atoms with Crippen molar-refractivity contribution < 1.29 is 41.9 Å². The standard InChI is InChI=1S/C39H35F3N8O6/c1-48-20-22-3-2-4-30(32(22)37(48)55)56-34-28(39(40,41)42)19-44-38(47-34)45-24-7-5-21(6-8-24)18-43-23-13-15-49(16-14-23)25-9-10-26-27(17-25)36(54)50(35(26)53)29-11-12-31(51)46-33(29)52/h2-10,17,19,23,29,43H,11-16,18,20H2,1H3,(H,44,45,47)(H,46,51,52). The zero-order valence-electron chi connectivity index (χ0n) is 30.0. The molecule has 1 unspecified atom stereocenters. The molecule has 288 valence electrons. The number of carbonyl (C=O) groups is 5. The Morgan fingerprint density at radius 2 is 1.66 bits per heavy atom. The Kier molecular flexibility index (Phi) is 9.40. The van der Waals surface area contributed by atoms with Gasteiger partial charge in [0.05, 0.1) is 16.7 Å². The Morgan fingerprint density at radius 3 is 2.39 bits per heavy atom. The molecule has 0 saturated carbocycles. The SMILES string of the molecule is CN1Cc2cccc(Oc3nc(Nc4ccc(CNC5CCN(c6ccc7c(c6)C(=O)N(C6CCC(=O)NC6=O)C7=O)CC5)cc4)ncc3C(F)(F)F)c2C1=O. The number of nitrogens with zero attached hydrogens (tertiary/aromatic N) is 5. The highest BCUT2D eigenvalue weighted by Crippen LogP contribution is 2.40. The van der Waals surface area contributed by atoms with E-state index in [9.17, 15) is 37.1 Å². The molecule has 3 N–H and O–H groups in total. The summed E-state index contributed by atoms with van der Waals surface area (Å²) in [6.07, 6.45) is -2.37. The molecule has 0 bridgehead atoms. The number of amides is 5. The maximum Gasteiger partial charge on any atom is 0.423 e. The molecule has 3 aromatic carbocycles. The summed E-state index contributed by atoms with van der Waals surface area (Å²) in [5, 5.41) is 8.71. The molecule has 8 rings (SSSR count). The van der Waals surface area contributed by atoms with Gasteiger partial charge in [0.25, 0.3) is 17.7 Å². The number of benzene rings is 3. The number of hydrogen-bond donors (Lipinski definition) is 3. The van der Waals surface area contributed by atoms with E-state index in [0.29, 0.717) is 43.6 Å². The van der Waals surface area contributed by atoms with Crippen molar-refractivity contribution in [1.82, 2.24) is 30.4 Å². The summed E-state index contributed by atoms with van der Waals surface area (Å²) in [6, 6.07) is 16.4. The van der Waals surface area contributed by atoms with Gasteiger partial charge in [-0.15, -0.1) is 0 Å². The number of fused-ring (bicyclic) bond motifs is 2. The minimum absolute atomic E-state index is 0.0213. The Labute approximate surface area is 318 Å². The number of aromatic nitrogens is 2. The van der Waals surface area contributed by atoms with Crippen LogP contribution < -0.4 is 25.6 Å². The van der Waals surface area contributed by atoms with Crippen LogP contribution in [0.4, 0.5) is 30.5 Å². The summed E-state index contributed by atoms with van der Waals surface area (Å²) in [4.78, 5) is 75.5. The third kappa shape index (κ3) is 7.00. The molecule has 0 spiro atoms. The Bertz CT molecular complexity index is 2280. The highest BCUT2D eigenvalue weighted by molar-refractivity contribution is 6.23. The normalized spacial score (nSPS) is 18.7. The second-order valence-electron chi connectivity index (χ2n) is 14.1. The van der Waals surface area contributed by atoms with E-state index in [1.807, 2.05) is 12.1 Å². The lowest BCUT2D eigenvalue weighted by Crippen LogP contribution is -2.54. The first kappa shape index (κ1) is 36.6. The Balaban J connectivity index is 0.860. The fourth-order valence-electron chi connectivity index (χ4n) is 7.45. The van der Waals surface area contributed by atoms with Gasteiger partial charge in [-0.1, -0.05) is 24.3 Å². The number of alkyl halides is 3. The number of rotatable bonds is 9. The van der Waals surface area contributed by atoms with Gasteiger partial charge in [-0.05, 0) is 66.8 Å². The monoisotopic (exact) mass is 768 g/mol. The Hall–Kier alpha value is -6.36. The zero-order chi connectivity index (χ0) is 39.3. The van der Waals surface area contributed by atoms with E-state index < -0.39 is 47.3 Å². The van der Waals surface area contributed by atoms with Crippen LogP contribution in [0.3, 0.4) is 0 Å². The summed E-state index contributed by atoms with van der Waals surface area (Å²) in [5.41, 5.74) is 2.47. The van der Waals surface area contributed by atoms with Crippen molar-refractivity contribution in [2.24, 2.45) is 0 Å². The van der Waals surface area contributed by atoms with E-state index in [1.165, 1.54) is 11.0 Å². The molecule has 4 aliphatic heterocycles. The number of halogens is 3. The summed E-state index contributed by atoms with van der Waals surface area (Å²) >= 11 is 0. The first-order valence-electron chi connectivity index (χ1n) is 18.0. The average Bonchev–Trinajstić information content (AvgIpc) is 3.61. The van der Waals surface area contributed by atoms with Gasteiger partial charge in [-0.2, -0.15) is 18.2 Å². The molecule has 4 aromatic rings. The number of nitrogens with one attached hydrogen (secondary N) is 3. The van der Waals surface area contributed by atoms with Crippen LogP contribution >= 0.6 is 0 Å². The van der Waals surface area contributed by atoms with E-state index in [2.05, 4.69) is 30.8 Å². The highest BCUT2D eigenvalue weighted by atomic mass is 19.4. The molecule has 14 nitrogen and oxygen atoms in total. The van der Waals surface area contributed by atoms with Gasteiger partial charge in [0.2, 0.25) is 23.6 Å².